The summed E-state index contributed by atoms with van der Waals surface area (Å²) in [6, 6.07) is 0. The van der Waals surface area contributed by atoms with Gasteiger partial charge in [-0.3, -0.25) is 0 Å². The molecule has 0 fully saturated rings. The first-order chi connectivity index (χ1) is 5.28. The minimum absolute atomic E-state index is 0.0961. The number of hydrogen-bond acceptors (Lipinski definition) is 2. The van der Waals surface area contributed by atoms with E-state index in [1.165, 1.54) is 0 Å². The third kappa shape index (κ3) is 3.11. The van der Waals surface area contributed by atoms with Crippen molar-refractivity contribution in [2.75, 3.05) is 13.6 Å². The predicted molar refractivity (Wildman–Crippen MR) is 53.5 cm³/mol. The summed E-state index contributed by atoms with van der Waals surface area (Å²) in [5.41, 5.74) is 0. The van der Waals surface area contributed by atoms with Crippen molar-refractivity contribution >= 4 is 9.92 Å². The first kappa shape index (κ1) is 11.9. The number of hydrogen-bond donors (Lipinski definition) is 1. The molecule has 1 atom stereocenters. The van der Waals surface area contributed by atoms with E-state index in [9.17, 15) is 4.21 Å². The van der Waals surface area contributed by atoms with E-state index < -0.39 is 9.92 Å². The van der Waals surface area contributed by atoms with Crippen LogP contribution in [0.1, 0.15) is 27.7 Å². The summed E-state index contributed by atoms with van der Waals surface area (Å²) in [4.78, 5) is 0. The average Bonchev–Trinajstić information content (AvgIpc) is 1.85. The van der Waals surface area contributed by atoms with E-state index in [1.54, 1.807) is 11.4 Å². The van der Waals surface area contributed by atoms with Gasteiger partial charge in [0, 0.05) is 13.6 Å². The van der Waals surface area contributed by atoms with Gasteiger partial charge in [-0.15, -0.1) is 0 Å². The van der Waals surface area contributed by atoms with Crippen LogP contribution in [0.2, 0.25) is 0 Å². The van der Waals surface area contributed by atoms with Crippen LogP contribution in [0.25, 0.3) is 0 Å². The van der Waals surface area contributed by atoms with Gasteiger partial charge in [-0.05, 0) is 19.8 Å². The van der Waals surface area contributed by atoms with Crippen molar-refractivity contribution < 1.29 is 4.21 Å². The number of rotatable bonds is 4. The lowest BCUT2D eigenvalue weighted by molar-refractivity contribution is 0.436. The minimum atomic E-state index is -2.54. The Kier molecular flexibility index (Phi) is 4.20. The standard InChI is InChI=1S/C8H20N2OS/c1-7(2)6-10(5)12(9,11)8(3)4/h7-9H,6H2,1-5H3/t12-/m0/s1. The second-order valence-corrected chi connectivity index (χ2v) is 6.53. The van der Waals surface area contributed by atoms with E-state index in [2.05, 4.69) is 13.8 Å². The summed E-state index contributed by atoms with van der Waals surface area (Å²) in [5.74, 6) is 0.458. The molecule has 0 aromatic rings. The molecule has 0 aliphatic carbocycles. The van der Waals surface area contributed by atoms with E-state index in [-0.39, 0.29) is 5.25 Å². The van der Waals surface area contributed by atoms with Gasteiger partial charge in [-0.1, -0.05) is 13.8 Å². The van der Waals surface area contributed by atoms with Crippen LogP contribution in [-0.2, 0) is 9.92 Å². The molecule has 0 spiro atoms. The molecular weight excluding hydrogens is 172 g/mol. The molecule has 12 heavy (non-hydrogen) atoms. The van der Waals surface area contributed by atoms with Gasteiger partial charge in [-0.25, -0.2) is 13.3 Å². The molecular formula is C8H20N2OS. The van der Waals surface area contributed by atoms with E-state index in [0.717, 1.165) is 6.54 Å². The lowest BCUT2D eigenvalue weighted by atomic mass is 10.2. The van der Waals surface area contributed by atoms with Crippen molar-refractivity contribution in [3.63, 3.8) is 0 Å². The maximum absolute atomic E-state index is 11.7. The van der Waals surface area contributed by atoms with Crippen LogP contribution in [-0.4, -0.2) is 27.4 Å². The third-order valence-electron chi connectivity index (χ3n) is 1.72. The highest BCUT2D eigenvalue weighted by atomic mass is 32.2. The molecule has 0 bridgehead atoms. The molecule has 0 rings (SSSR count). The number of nitrogens with one attached hydrogen (secondary N) is 1. The molecule has 0 amide bonds. The predicted octanol–water partition coefficient (Wildman–Crippen LogP) is 1.94. The van der Waals surface area contributed by atoms with Gasteiger partial charge in [0.15, 0.2) is 0 Å². The fourth-order valence-corrected chi connectivity index (χ4v) is 2.22. The van der Waals surface area contributed by atoms with Crippen LogP contribution in [0.3, 0.4) is 0 Å². The van der Waals surface area contributed by atoms with Crippen molar-refractivity contribution in [2.24, 2.45) is 5.92 Å². The second kappa shape index (κ2) is 4.23. The Bertz CT molecular complexity index is 219. The van der Waals surface area contributed by atoms with Crippen molar-refractivity contribution in [1.29, 1.82) is 4.78 Å². The molecule has 3 nitrogen and oxygen atoms in total. The van der Waals surface area contributed by atoms with Crippen LogP contribution in [0.15, 0.2) is 0 Å². The highest BCUT2D eigenvalue weighted by molar-refractivity contribution is 7.90. The summed E-state index contributed by atoms with van der Waals surface area (Å²) in [5, 5.41) is -0.0961. The molecule has 0 unspecified atom stereocenters. The Morgan fingerprint density at radius 1 is 1.33 bits per heavy atom. The SMILES string of the molecule is CC(C)CN(C)[S@](=N)(=O)C(C)C. The zero-order chi connectivity index (χ0) is 9.94. The lowest BCUT2D eigenvalue weighted by Crippen LogP contribution is -2.34. The van der Waals surface area contributed by atoms with Gasteiger partial charge in [-0.2, -0.15) is 0 Å². The van der Waals surface area contributed by atoms with Gasteiger partial charge in [0.1, 0.15) is 9.92 Å². The zero-order valence-corrected chi connectivity index (χ0v) is 9.44. The first-order valence-electron chi connectivity index (χ1n) is 4.27. The van der Waals surface area contributed by atoms with E-state index >= 15 is 0 Å². The molecule has 0 saturated heterocycles. The quantitative estimate of drug-likeness (QED) is 0.727. The Morgan fingerprint density at radius 2 is 1.75 bits per heavy atom. The van der Waals surface area contributed by atoms with Gasteiger partial charge < -0.3 is 0 Å². The summed E-state index contributed by atoms with van der Waals surface area (Å²) in [6.07, 6.45) is 0. The van der Waals surface area contributed by atoms with Crippen molar-refractivity contribution in [3.8, 4) is 0 Å². The van der Waals surface area contributed by atoms with Gasteiger partial charge in [0.25, 0.3) is 0 Å². The summed E-state index contributed by atoms with van der Waals surface area (Å²) >= 11 is 0. The van der Waals surface area contributed by atoms with Crippen LogP contribution in [0.5, 0.6) is 0 Å². The first-order valence-corrected chi connectivity index (χ1v) is 5.85. The fraction of sp³-hybridized carbons (Fsp3) is 1.00. The maximum atomic E-state index is 11.7. The van der Waals surface area contributed by atoms with E-state index in [0.29, 0.717) is 5.92 Å². The molecule has 0 saturated carbocycles. The summed E-state index contributed by atoms with van der Waals surface area (Å²) in [7, 11) is -0.779. The van der Waals surface area contributed by atoms with E-state index in [1.807, 2.05) is 13.8 Å². The monoisotopic (exact) mass is 192 g/mol. The van der Waals surface area contributed by atoms with Crippen LogP contribution in [0, 0.1) is 10.7 Å². The minimum Gasteiger partial charge on any atom is -0.240 e. The fourth-order valence-electron chi connectivity index (χ4n) is 0.985. The normalized spacial score (nSPS) is 17.3. The molecule has 1 N–H and O–H groups in total. The van der Waals surface area contributed by atoms with Crippen LogP contribution in [0.4, 0.5) is 0 Å². The molecule has 74 valence electrons. The average molecular weight is 192 g/mol. The Hall–Kier alpha value is -0.0900. The van der Waals surface area contributed by atoms with E-state index in [4.69, 9.17) is 4.78 Å². The molecule has 0 aliphatic rings. The smallest absolute Gasteiger partial charge is 0.109 e. The third-order valence-corrected chi connectivity index (χ3v) is 4.08. The van der Waals surface area contributed by atoms with Crippen molar-refractivity contribution in [1.82, 2.24) is 4.31 Å². The molecule has 0 heterocycles. The molecule has 0 radical (unpaired) electrons. The highest BCUT2D eigenvalue weighted by Gasteiger charge is 2.18. The maximum Gasteiger partial charge on any atom is 0.109 e. The Balaban J connectivity index is 4.38. The van der Waals surface area contributed by atoms with Gasteiger partial charge in [0.05, 0.1) is 5.25 Å². The Labute approximate surface area is 76.3 Å². The van der Waals surface area contributed by atoms with Crippen LogP contribution >= 0.6 is 0 Å². The van der Waals surface area contributed by atoms with Crippen molar-refractivity contribution in [2.45, 2.75) is 32.9 Å². The van der Waals surface area contributed by atoms with Gasteiger partial charge in [0.2, 0.25) is 0 Å². The van der Waals surface area contributed by atoms with Crippen LogP contribution < -0.4 is 0 Å². The number of nitrogens with zero attached hydrogens (tertiary/aromatic N) is 1. The summed E-state index contributed by atoms with van der Waals surface area (Å²) in [6.45, 7) is 8.50. The molecule has 0 aliphatic heterocycles. The molecule has 4 heteroatoms. The second-order valence-electron chi connectivity index (χ2n) is 3.82. The lowest BCUT2D eigenvalue weighted by Gasteiger charge is -2.24. The molecule has 0 aromatic carbocycles. The summed E-state index contributed by atoms with van der Waals surface area (Å²) < 4.78 is 21.0. The topological polar surface area (TPSA) is 44.2 Å². The zero-order valence-electron chi connectivity index (χ0n) is 8.63. The largest absolute Gasteiger partial charge is 0.240 e. The Morgan fingerprint density at radius 3 is 2.00 bits per heavy atom. The van der Waals surface area contributed by atoms with Crippen molar-refractivity contribution in [3.05, 3.63) is 0 Å². The van der Waals surface area contributed by atoms with Gasteiger partial charge >= 0.3 is 0 Å². The molecule has 0 aromatic heterocycles. The highest BCUT2D eigenvalue weighted by Crippen LogP contribution is 2.09.